The Morgan fingerprint density at radius 1 is 0.881 bits per heavy atom. The molecule has 1 amide bonds. The molecule has 1 aliphatic rings. The van der Waals surface area contributed by atoms with Gasteiger partial charge >= 0.3 is 5.97 Å². The molecule has 2 N–H and O–H groups in total. The minimum Gasteiger partial charge on any atom is -0.478 e. The van der Waals surface area contributed by atoms with Crippen LogP contribution in [0.25, 0.3) is 16.7 Å². The Morgan fingerprint density at radius 3 is 2.26 bits per heavy atom. The second kappa shape index (κ2) is 12.6. The number of nitrogens with one attached hydrogen (secondary N) is 1. The van der Waals surface area contributed by atoms with Crippen LogP contribution in [0.3, 0.4) is 0 Å². The first kappa shape index (κ1) is 29.1. The number of hydrogen-bond acceptors (Lipinski definition) is 2. The molecule has 0 radical (unpaired) electrons. The van der Waals surface area contributed by atoms with Crippen LogP contribution in [0.2, 0.25) is 0 Å². The molecule has 0 bridgehead atoms. The second-order valence-corrected chi connectivity index (χ2v) is 11.6. The summed E-state index contributed by atoms with van der Waals surface area (Å²) < 4.78 is 0. The molecule has 1 aliphatic carbocycles. The van der Waals surface area contributed by atoms with Gasteiger partial charge in [0, 0.05) is 5.56 Å². The highest BCUT2D eigenvalue weighted by Crippen LogP contribution is 2.41. The van der Waals surface area contributed by atoms with Crippen LogP contribution >= 0.6 is 0 Å². The second-order valence-electron chi connectivity index (χ2n) is 11.6. The van der Waals surface area contributed by atoms with Gasteiger partial charge in [-0.25, -0.2) is 4.79 Å². The molecule has 0 aromatic heterocycles. The summed E-state index contributed by atoms with van der Waals surface area (Å²) in [6, 6.07) is 31.8. The van der Waals surface area contributed by atoms with Gasteiger partial charge in [0.25, 0.3) is 5.91 Å². The van der Waals surface area contributed by atoms with E-state index in [0.29, 0.717) is 23.0 Å². The van der Waals surface area contributed by atoms with Crippen LogP contribution in [0.4, 0.5) is 0 Å². The highest BCUT2D eigenvalue weighted by molar-refractivity contribution is 5.96. The highest BCUT2D eigenvalue weighted by atomic mass is 16.4. The average Bonchev–Trinajstić information content (AvgIpc) is 3.10. The monoisotopic (exact) mass is 557 g/mol. The van der Waals surface area contributed by atoms with Gasteiger partial charge in [-0.3, -0.25) is 4.79 Å². The molecule has 0 spiro atoms. The maximum Gasteiger partial charge on any atom is 0.336 e. The van der Waals surface area contributed by atoms with E-state index in [-0.39, 0.29) is 11.9 Å². The summed E-state index contributed by atoms with van der Waals surface area (Å²) >= 11 is 0. The summed E-state index contributed by atoms with van der Waals surface area (Å²) in [6.07, 6.45) is 2.73. The largest absolute Gasteiger partial charge is 0.478 e. The Bertz CT molecular complexity index is 1620. The molecule has 0 saturated carbocycles. The van der Waals surface area contributed by atoms with Gasteiger partial charge in [-0.05, 0) is 102 Å². The van der Waals surface area contributed by atoms with E-state index in [1.54, 1.807) is 12.1 Å². The number of benzene rings is 4. The maximum atomic E-state index is 13.4. The SMILES string of the molecule is CCC(NC(=O)c1ccc2c(c1)C(C)=C(C)CC(Cc1ccc(-c3ccccc3C(=O)O)cc1)C2C)c1ccccc1. The lowest BCUT2D eigenvalue weighted by atomic mass is 9.80. The van der Waals surface area contributed by atoms with Gasteiger partial charge in [0.2, 0.25) is 0 Å². The van der Waals surface area contributed by atoms with Crippen molar-refractivity contribution in [3.8, 4) is 11.1 Å². The van der Waals surface area contributed by atoms with Crippen molar-refractivity contribution in [1.82, 2.24) is 5.32 Å². The molecule has 4 aromatic rings. The van der Waals surface area contributed by atoms with Gasteiger partial charge in [-0.15, -0.1) is 0 Å². The number of rotatable bonds is 8. The fourth-order valence-corrected chi connectivity index (χ4v) is 6.27. The number of hydrogen-bond donors (Lipinski definition) is 2. The first-order valence-electron chi connectivity index (χ1n) is 14.8. The minimum atomic E-state index is -0.916. The van der Waals surface area contributed by atoms with Crippen molar-refractivity contribution >= 4 is 17.4 Å². The van der Waals surface area contributed by atoms with Gasteiger partial charge in [0.15, 0.2) is 0 Å². The standard InChI is InChI=1S/C38H39NO3/c1-5-36(29-11-7-6-8-12-29)39-37(40)30-19-20-32-26(4)31(21-24(2)25(3)35(32)23-30)22-27-15-17-28(18-16-27)33-13-9-10-14-34(33)38(41)42/h6-20,23,26,31,36H,5,21-22H2,1-4H3,(H,39,40)(H,41,42). The third-order valence-electron chi connectivity index (χ3n) is 8.96. The number of fused-ring (bicyclic) bond motifs is 1. The molecule has 214 valence electrons. The predicted molar refractivity (Wildman–Crippen MR) is 171 cm³/mol. The lowest BCUT2D eigenvalue weighted by Gasteiger charge is -2.24. The topological polar surface area (TPSA) is 66.4 Å². The zero-order valence-electron chi connectivity index (χ0n) is 24.9. The van der Waals surface area contributed by atoms with Crippen LogP contribution in [-0.4, -0.2) is 17.0 Å². The highest BCUT2D eigenvalue weighted by Gasteiger charge is 2.28. The molecule has 3 unspecified atom stereocenters. The van der Waals surface area contributed by atoms with Crippen LogP contribution in [0.15, 0.2) is 103 Å². The number of aromatic carboxylic acids is 1. The van der Waals surface area contributed by atoms with Crippen molar-refractivity contribution in [2.24, 2.45) is 5.92 Å². The van der Waals surface area contributed by atoms with E-state index in [1.165, 1.54) is 27.8 Å². The minimum absolute atomic E-state index is 0.0248. The number of carbonyl (C=O) groups is 2. The Labute approximate surface area is 249 Å². The zero-order valence-corrected chi connectivity index (χ0v) is 24.9. The van der Waals surface area contributed by atoms with Crippen molar-refractivity contribution in [3.05, 3.63) is 136 Å². The first-order chi connectivity index (χ1) is 20.3. The average molecular weight is 558 g/mol. The van der Waals surface area contributed by atoms with E-state index in [2.05, 4.69) is 69.4 Å². The predicted octanol–water partition coefficient (Wildman–Crippen LogP) is 9.09. The Kier molecular flexibility index (Phi) is 8.72. The molecule has 4 aromatic carbocycles. The molecule has 4 heteroatoms. The van der Waals surface area contributed by atoms with Crippen molar-refractivity contribution in [3.63, 3.8) is 0 Å². The smallest absolute Gasteiger partial charge is 0.336 e. The van der Waals surface area contributed by atoms with E-state index in [1.807, 2.05) is 48.5 Å². The molecular weight excluding hydrogens is 518 g/mol. The van der Waals surface area contributed by atoms with E-state index in [9.17, 15) is 14.7 Å². The van der Waals surface area contributed by atoms with Crippen LogP contribution < -0.4 is 5.32 Å². The number of carboxylic acid groups (broad SMARTS) is 1. The fraction of sp³-hybridized carbons (Fsp3) is 0.263. The molecule has 0 saturated heterocycles. The third-order valence-corrected chi connectivity index (χ3v) is 8.96. The number of amides is 1. The summed E-state index contributed by atoms with van der Waals surface area (Å²) in [5.74, 6) is -0.248. The summed E-state index contributed by atoms with van der Waals surface area (Å²) in [7, 11) is 0. The van der Waals surface area contributed by atoms with Gasteiger partial charge in [-0.1, -0.05) is 98.3 Å². The van der Waals surface area contributed by atoms with E-state index in [0.717, 1.165) is 36.0 Å². The molecule has 0 fully saturated rings. The number of carbonyl (C=O) groups excluding carboxylic acids is 1. The van der Waals surface area contributed by atoms with Crippen molar-refractivity contribution in [2.75, 3.05) is 0 Å². The van der Waals surface area contributed by atoms with Gasteiger partial charge in [0.1, 0.15) is 0 Å². The van der Waals surface area contributed by atoms with Crippen LogP contribution in [0.1, 0.15) is 95.5 Å². The summed E-state index contributed by atoms with van der Waals surface area (Å²) in [4.78, 5) is 25.1. The first-order valence-corrected chi connectivity index (χ1v) is 14.8. The van der Waals surface area contributed by atoms with E-state index >= 15 is 0 Å². The lowest BCUT2D eigenvalue weighted by molar-refractivity contribution is 0.0697. The van der Waals surface area contributed by atoms with Crippen molar-refractivity contribution < 1.29 is 14.7 Å². The quantitative estimate of drug-likeness (QED) is 0.227. The van der Waals surface area contributed by atoms with Crippen LogP contribution in [0, 0.1) is 5.92 Å². The lowest BCUT2D eigenvalue weighted by Crippen LogP contribution is -2.28. The maximum absolute atomic E-state index is 13.4. The molecule has 0 aliphatic heterocycles. The molecule has 0 heterocycles. The third kappa shape index (κ3) is 6.08. The van der Waals surface area contributed by atoms with Gasteiger partial charge in [-0.2, -0.15) is 0 Å². The molecular formula is C38H39NO3. The Morgan fingerprint density at radius 2 is 1.57 bits per heavy atom. The normalized spacial score (nSPS) is 17.2. The van der Waals surface area contributed by atoms with Gasteiger partial charge in [0.05, 0.1) is 11.6 Å². The number of carboxylic acids is 1. The number of allylic oxidation sites excluding steroid dienone is 2. The summed E-state index contributed by atoms with van der Waals surface area (Å²) in [5.41, 5.74) is 10.1. The van der Waals surface area contributed by atoms with E-state index in [4.69, 9.17) is 0 Å². The molecule has 4 nitrogen and oxygen atoms in total. The van der Waals surface area contributed by atoms with Crippen molar-refractivity contribution in [2.45, 2.75) is 58.9 Å². The Hall–Kier alpha value is -4.44. The molecule has 3 atom stereocenters. The van der Waals surface area contributed by atoms with Crippen LogP contribution in [-0.2, 0) is 6.42 Å². The summed E-state index contributed by atoms with van der Waals surface area (Å²) in [5, 5.41) is 12.8. The Balaban J connectivity index is 1.36. The zero-order chi connectivity index (χ0) is 29.8. The summed E-state index contributed by atoms with van der Waals surface area (Å²) in [6.45, 7) is 8.79. The molecule has 5 rings (SSSR count). The fourth-order valence-electron chi connectivity index (χ4n) is 6.27. The van der Waals surface area contributed by atoms with Gasteiger partial charge < -0.3 is 10.4 Å². The van der Waals surface area contributed by atoms with E-state index < -0.39 is 5.97 Å². The van der Waals surface area contributed by atoms with Crippen LogP contribution in [0.5, 0.6) is 0 Å². The molecule has 42 heavy (non-hydrogen) atoms. The van der Waals surface area contributed by atoms with Crippen molar-refractivity contribution in [1.29, 1.82) is 0 Å².